The van der Waals surface area contributed by atoms with Crippen molar-refractivity contribution in [3.05, 3.63) is 24.3 Å². The molecule has 0 aliphatic heterocycles. The molecule has 112 valence electrons. The van der Waals surface area contributed by atoms with Gasteiger partial charge in [0.25, 0.3) is 0 Å². The molecule has 0 aromatic heterocycles. The minimum Gasteiger partial charge on any atom is -0.497 e. The number of hydrogen-bond donors (Lipinski definition) is 1. The van der Waals surface area contributed by atoms with Crippen LogP contribution in [0, 0.1) is 5.92 Å². The lowest BCUT2D eigenvalue weighted by atomic mass is 9.89. The zero-order valence-electron chi connectivity index (χ0n) is 12.9. The van der Waals surface area contributed by atoms with Gasteiger partial charge in [-0.25, -0.2) is 0 Å². The van der Waals surface area contributed by atoms with Gasteiger partial charge in [0.05, 0.1) is 7.11 Å². The van der Waals surface area contributed by atoms with Crippen LogP contribution in [0.4, 0.5) is 5.69 Å². The number of rotatable bonds is 7. The van der Waals surface area contributed by atoms with Gasteiger partial charge in [-0.05, 0) is 37.4 Å². The Hall–Kier alpha value is -1.22. The van der Waals surface area contributed by atoms with Crippen molar-refractivity contribution in [2.24, 2.45) is 5.92 Å². The molecule has 0 heterocycles. The van der Waals surface area contributed by atoms with Crippen LogP contribution in [0.2, 0.25) is 0 Å². The van der Waals surface area contributed by atoms with E-state index in [2.05, 4.69) is 29.4 Å². The standard InChI is InChI=1S/C17H28N2O/c1-19(16-9-6-10-17(13-16)20-2)12-11-18-14-15-7-4-3-5-8-15/h6,9-10,13,15,18H,3-5,7-8,11-12,14H2,1-2H3. The molecule has 0 unspecified atom stereocenters. The normalized spacial score (nSPS) is 16.1. The van der Waals surface area contributed by atoms with Gasteiger partial charge < -0.3 is 15.0 Å². The molecule has 0 bridgehead atoms. The van der Waals surface area contributed by atoms with E-state index < -0.39 is 0 Å². The first-order valence-electron chi connectivity index (χ1n) is 7.85. The molecule has 0 spiro atoms. The molecule has 0 amide bonds. The Bertz CT molecular complexity index is 388. The van der Waals surface area contributed by atoms with Crippen LogP contribution in [0.5, 0.6) is 5.75 Å². The van der Waals surface area contributed by atoms with Crippen molar-refractivity contribution in [2.75, 3.05) is 38.7 Å². The zero-order chi connectivity index (χ0) is 14.2. The fourth-order valence-corrected chi connectivity index (χ4v) is 2.92. The molecule has 1 N–H and O–H groups in total. The van der Waals surface area contributed by atoms with E-state index in [4.69, 9.17) is 4.74 Å². The van der Waals surface area contributed by atoms with Crippen molar-refractivity contribution in [2.45, 2.75) is 32.1 Å². The molecule has 1 aromatic carbocycles. The number of likely N-dealkylation sites (N-methyl/N-ethyl adjacent to an activating group) is 1. The van der Waals surface area contributed by atoms with E-state index in [1.54, 1.807) is 7.11 Å². The van der Waals surface area contributed by atoms with Crippen molar-refractivity contribution < 1.29 is 4.74 Å². The first-order chi connectivity index (χ1) is 9.79. The second kappa shape index (κ2) is 8.15. The minimum absolute atomic E-state index is 0.908. The number of nitrogens with zero attached hydrogens (tertiary/aromatic N) is 1. The quantitative estimate of drug-likeness (QED) is 0.773. The van der Waals surface area contributed by atoms with Crippen LogP contribution >= 0.6 is 0 Å². The molecule has 1 aliphatic rings. The lowest BCUT2D eigenvalue weighted by molar-refractivity contribution is 0.343. The van der Waals surface area contributed by atoms with Gasteiger partial charge in [-0.2, -0.15) is 0 Å². The summed E-state index contributed by atoms with van der Waals surface area (Å²) in [5.74, 6) is 1.83. The van der Waals surface area contributed by atoms with E-state index in [0.717, 1.165) is 24.8 Å². The first kappa shape index (κ1) is 15.2. The average Bonchev–Trinajstić information content (AvgIpc) is 2.52. The third kappa shape index (κ3) is 4.71. The van der Waals surface area contributed by atoms with Crippen LogP contribution < -0.4 is 15.0 Å². The maximum atomic E-state index is 5.27. The number of benzene rings is 1. The fraction of sp³-hybridized carbons (Fsp3) is 0.647. The summed E-state index contributed by atoms with van der Waals surface area (Å²) in [6.45, 7) is 3.26. The van der Waals surface area contributed by atoms with Gasteiger partial charge in [-0.1, -0.05) is 25.3 Å². The molecular formula is C17H28N2O. The van der Waals surface area contributed by atoms with E-state index in [1.165, 1.54) is 44.3 Å². The Morgan fingerprint density at radius 3 is 2.80 bits per heavy atom. The predicted molar refractivity (Wildman–Crippen MR) is 85.7 cm³/mol. The summed E-state index contributed by atoms with van der Waals surface area (Å²) in [6.07, 6.45) is 7.12. The summed E-state index contributed by atoms with van der Waals surface area (Å²) in [5.41, 5.74) is 1.21. The van der Waals surface area contributed by atoms with Gasteiger partial charge in [0.1, 0.15) is 5.75 Å². The van der Waals surface area contributed by atoms with E-state index in [-0.39, 0.29) is 0 Å². The predicted octanol–water partition coefficient (Wildman–Crippen LogP) is 3.30. The largest absolute Gasteiger partial charge is 0.497 e. The monoisotopic (exact) mass is 276 g/mol. The summed E-state index contributed by atoms with van der Waals surface area (Å²) in [5, 5.41) is 3.61. The Kier molecular flexibility index (Phi) is 6.19. The van der Waals surface area contributed by atoms with Gasteiger partial charge in [0.15, 0.2) is 0 Å². The molecule has 2 rings (SSSR count). The van der Waals surface area contributed by atoms with Crippen LogP contribution in [0.25, 0.3) is 0 Å². The maximum absolute atomic E-state index is 5.27. The Morgan fingerprint density at radius 2 is 2.05 bits per heavy atom. The number of hydrogen-bond acceptors (Lipinski definition) is 3. The van der Waals surface area contributed by atoms with Gasteiger partial charge in [0.2, 0.25) is 0 Å². The second-order valence-electron chi connectivity index (χ2n) is 5.83. The molecule has 1 aromatic rings. The van der Waals surface area contributed by atoms with Gasteiger partial charge in [0, 0.05) is 31.9 Å². The van der Waals surface area contributed by atoms with Crippen molar-refractivity contribution in [1.29, 1.82) is 0 Å². The molecule has 0 radical (unpaired) electrons. The van der Waals surface area contributed by atoms with Crippen LogP contribution in [0.3, 0.4) is 0 Å². The Morgan fingerprint density at radius 1 is 1.25 bits per heavy atom. The Labute approximate surface area is 123 Å². The molecule has 1 saturated carbocycles. The summed E-state index contributed by atoms with van der Waals surface area (Å²) in [7, 11) is 3.85. The smallest absolute Gasteiger partial charge is 0.120 e. The highest BCUT2D eigenvalue weighted by atomic mass is 16.5. The Balaban J connectivity index is 1.67. The number of nitrogens with one attached hydrogen (secondary N) is 1. The highest BCUT2D eigenvalue weighted by Crippen LogP contribution is 2.22. The molecule has 0 saturated heterocycles. The molecular weight excluding hydrogens is 248 g/mol. The highest BCUT2D eigenvalue weighted by Gasteiger charge is 2.12. The molecule has 3 heteroatoms. The molecule has 0 atom stereocenters. The van der Waals surface area contributed by atoms with Gasteiger partial charge >= 0.3 is 0 Å². The van der Waals surface area contributed by atoms with E-state index in [0.29, 0.717) is 0 Å². The minimum atomic E-state index is 0.908. The number of anilines is 1. The van der Waals surface area contributed by atoms with Gasteiger partial charge in [-0.3, -0.25) is 0 Å². The van der Waals surface area contributed by atoms with Crippen LogP contribution in [0.15, 0.2) is 24.3 Å². The third-order valence-electron chi connectivity index (χ3n) is 4.28. The number of ether oxygens (including phenoxy) is 1. The molecule has 1 aliphatic carbocycles. The number of methoxy groups -OCH3 is 1. The summed E-state index contributed by atoms with van der Waals surface area (Å²) in [6, 6.07) is 8.24. The van der Waals surface area contributed by atoms with E-state index in [9.17, 15) is 0 Å². The first-order valence-corrected chi connectivity index (χ1v) is 7.85. The molecule has 1 fully saturated rings. The van der Waals surface area contributed by atoms with Crippen molar-refractivity contribution >= 4 is 5.69 Å². The van der Waals surface area contributed by atoms with E-state index in [1.807, 2.05) is 12.1 Å². The molecule has 20 heavy (non-hydrogen) atoms. The highest BCUT2D eigenvalue weighted by molar-refractivity contribution is 5.50. The molecule has 3 nitrogen and oxygen atoms in total. The van der Waals surface area contributed by atoms with Crippen LogP contribution in [0.1, 0.15) is 32.1 Å². The second-order valence-corrected chi connectivity index (χ2v) is 5.83. The van der Waals surface area contributed by atoms with Crippen molar-refractivity contribution in [3.8, 4) is 5.75 Å². The average molecular weight is 276 g/mol. The van der Waals surface area contributed by atoms with Gasteiger partial charge in [-0.15, -0.1) is 0 Å². The third-order valence-corrected chi connectivity index (χ3v) is 4.28. The summed E-state index contributed by atoms with van der Waals surface area (Å²) < 4.78 is 5.27. The lowest BCUT2D eigenvalue weighted by Crippen LogP contribution is -2.32. The SMILES string of the molecule is COc1cccc(N(C)CCNCC2CCCCC2)c1. The van der Waals surface area contributed by atoms with Crippen molar-refractivity contribution in [3.63, 3.8) is 0 Å². The summed E-state index contributed by atoms with van der Waals surface area (Å²) >= 11 is 0. The van der Waals surface area contributed by atoms with Crippen LogP contribution in [-0.4, -0.2) is 33.8 Å². The maximum Gasteiger partial charge on any atom is 0.120 e. The zero-order valence-corrected chi connectivity index (χ0v) is 12.9. The summed E-state index contributed by atoms with van der Waals surface area (Å²) in [4.78, 5) is 2.27. The van der Waals surface area contributed by atoms with E-state index >= 15 is 0 Å². The fourth-order valence-electron chi connectivity index (χ4n) is 2.92. The van der Waals surface area contributed by atoms with Crippen molar-refractivity contribution in [1.82, 2.24) is 5.32 Å². The van der Waals surface area contributed by atoms with Crippen LogP contribution in [-0.2, 0) is 0 Å². The topological polar surface area (TPSA) is 24.5 Å². The lowest BCUT2D eigenvalue weighted by Gasteiger charge is -2.23.